The van der Waals surface area contributed by atoms with E-state index in [2.05, 4.69) is 57.2 Å². The van der Waals surface area contributed by atoms with Crippen molar-refractivity contribution in [3.05, 3.63) is 36.5 Å². The van der Waals surface area contributed by atoms with Gasteiger partial charge in [0.2, 0.25) is 0 Å². The minimum atomic E-state index is -0.773. The number of carbonyl (C=O) groups is 3. The van der Waals surface area contributed by atoms with Crippen LogP contribution in [0.3, 0.4) is 0 Å². The van der Waals surface area contributed by atoms with Crippen LogP contribution in [0.2, 0.25) is 0 Å². The lowest BCUT2D eigenvalue weighted by Crippen LogP contribution is -2.30. The summed E-state index contributed by atoms with van der Waals surface area (Å²) in [5.74, 6) is -0.851. The summed E-state index contributed by atoms with van der Waals surface area (Å²) in [6.07, 6.45) is 75.7. The Balaban J connectivity index is 4.34. The van der Waals surface area contributed by atoms with Gasteiger partial charge in [-0.15, -0.1) is 0 Å². The topological polar surface area (TPSA) is 78.9 Å². The summed E-state index contributed by atoms with van der Waals surface area (Å²) in [6, 6.07) is 0. The molecule has 0 unspecified atom stereocenters. The van der Waals surface area contributed by atoms with Crippen molar-refractivity contribution in [2.24, 2.45) is 0 Å². The van der Waals surface area contributed by atoms with Gasteiger partial charge in [-0.3, -0.25) is 14.4 Å². The highest BCUT2D eigenvalue weighted by Gasteiger charge is 2.19. The fraction of sp³-hybridized carbons (Fsp3) is 0.866. The molecule has 0 rings (SSSR count). The number of allylic oxidation sites excluding steroid dienone is 6. The van der Waals surface area contributed by atoms with Gasteiger partial charge in [0.15, 0.2) is 6.10 Å². The van der Waals surface area contributed by atoms with Gasteiger partial charge in [-0.1, -0.05) is 295 Å². The monoisotopic (exact) mass is 1020 g/mol. The third kappa shape index (κ3) is 60.4. The minimum Gasteiger partial charge on any atom is -0.462 e. The molecule has 6 nitrogen and oxygen atoms in total. The first-order valence-corrected chi connectivity index (χ1v) is 32.5. The van der Waals surface area contributed by atoms with Crippen LogP contribution < -0.4 is 0 Å². The van der Waals surface area contributed by atoms with E-state index in [1.54, 1.807) is 0 Å². The van der Waals surface area contributed by atoms with E-state index in [-0.39, 0.29) is 31.1 Å². The van der Waals surface area contributed by atoms with E-state index in [4.69, 9.17) is 14.2 Å². The molecule has 0 amide bonds. The van der Waals surface area contributed by atoms with Crippen LogP contribution in [0, 0.1) is 0 Å². The van der Waals surface area contributed by atoms with Gasteiger partial charge in [0.25, 0.3) is 0 Å². The number of unbranched alkanes of at least 4 members (excludes halogenated alkanes) is 43. The van der Waals surface area contributed by atoms with Crippen LogP contribution in [0.5, 0.6) is 0 Å². The number of ether oxygens (including phenoxy) is 3. The van der Waals surface area contributed by atoms with E-state index in [1.165, 1.54) is 250 Å². The molecule has 0 aliphatic heterocycles. The van der Waals surface area contributed by atoms with Gasteiger partial charge in [0.1, 0.15) is 13.2 Å². The highest BCUT2D eigenvalue weighted by Crippen LogP contribution is 2.17. The smallest absolute Gasteiger partial charge is 0.306 e. The van der Waals surface area contributed by atoms with Gasteiger partial charge in [0.05, 0.1) is 0 Å². The summed E-state index contributed by atoms with van der Waals surface area (Å²) in [7, 11) is 0. The van der Waals surface area contributed by atoms with Crippen molar-refractivity contribution in [2.75, 3.05) is 13.2 Å². The summed E-state index contributed by atoms with van der Waals surface area (Å²) < 4.78 is 17.0. The molecule has 0 aromatic rings. The van der Waals surface area contributed by atoms with Crippen molar-refractivity contribution in [3.63, 3.8) is 0 Å². The van der Waals surface area contributed by atoms with Crippen molar-refractivity contribution in [1.29, 1.82) is 0 Å². The Labute approximate surface area is 455 Å². The molecule has 0 saturated heterocycles. The van der Waals surface area contributed by atoms with Crippen molar-refractivity contribution in [1.82, 2.24) is 0 Å². The molecule has 0 N–H and O–H groups in total. The van der Waals surface area contributed by atoms with E-state index in [0.717, 1.165) is 64.2 Å². The molecule has 0 fully saturated rings. The van der Waals surface area contributed by atoms with E-state index in [1.807, 2.05) is 0 Å². The lowest BCUT2D eigenvalue weighted by atomic mass is 10.0. The summed E-state index contributed by atoms with van der Waals surface area (Å²) in [4.78, 5) is 38.3. The largest absolute Gasteiger partial charge is 0.462 e. The van der Waals surface area contributed by atoms with Gasteiger partial charge in [0, 0.05) is 19.3 Å². The van der Waals surface area contributed by atoms with Crippen LogP contribution in [0.4, 0.5) is 0 Å². The third-order valence-corrected chi connectivity index (χ3v) is 14.6. The van der Waals surface area contributed by atoms with Crippen LogP contribution in [-0.2, 0) is 28.6 Å². The minimum absolute atomic E-state index is 0.0696. The van der Waals surface area contributed by atoms with E-state index in [0.29, 0.717) is 19.3 Å². The van der Waals surface area contributed by atoms with E-state index >= 15 is 0 Å². The molecule has 0 aliphatic carbocycles. The second-order valence-electron chi connectivity index (χ2n) is 22.0. The summed E-state index contributed by atoms with van der Waals surface area (Å²) in [6.45, 7) is 6.67. The Kier molecular flexibility index (Phi) is 60.2. The molecule has 0 radical (unpaired) electrons. The van der Waals surface area contributed by atoms with E-state index in [9.17, 15) is 14.4 Å². The predicted molar refractivity (Wildman–Crippen MR) is 316 cm³/mol. The fourth-order valence-corrected chi connectivity index (χ4v) is 9.71. The zero-order valence-electron chi connectivity index (χ0n) is 49.2. The number of carbonyl (C=O) groups excluding carboxylic acids is 3. The molecule has 0 aromatic heterocycles. The van der Waals surface area contributed by atoms with Crippen LogP contribution in [0.15, 0.2) is 36.5 Å². The lowest BCUT2D eigenvalue weighted by Gasteiger charge is -2.18. The summed E-state index contributed by atoms with van der Waals surface area (Å²) in [5, 5.41) is 0. The summed E-state index contributed by atoms with van der Waals surface area (Å²) in [5.41, 5.74) is 0. The number of hydrogen-bond acceptors (Lipinski definition) is 6. The molecule has 0 bridgehead atoms. The standard InChI is InChI=1S/C67H124O6/c1-4-7-10-13-16-19-22-25-28-31-33-36-39-42-45-48-51-54-57-60-66(69)72-63-64(62-71-65(68)59-56-53-50-47-44-41-38-35-30-27-24-21-18-15-12-9-6-3)73-67(70)61-58-55-52-49-46-43-40-37-34-32-29-26-23-20-17-14-11-8-5-2/h16,19,25-26,28-29,64H,4-15,17-18,20-24,27,30-63H2,1-3H3/b19-16-,28-25-,29-26-/t64-/m0/s1. The van der Waals surface area contributed by atoms with Crippen molar-refractivity contribution in [3.8, 4) is 0 Å². The maximum atomic E-state index is 12.9. The zero-order valence-corrected chi connectivity index (χ0v) is 49.2. The molecule has 0 spiro atoms. The molecule has 0 aromatic carbocycles. The molecule has 0 heterocycles. The highest BCUT2D eigenvalue weighted by atomic mass is 16.6. The van der Waals surface area contributed by atoms with Gasteiger partial charge in [-0.25, -0.2) is 0 Å². The number of hydrogen-bond donors (Lipinski definition) is 0. The molecule has 6 heteroatoms. The fourth-order valence-electron chi connectivity index (χ4n) is 9.71. The number of esters is 3. The second kappa shape index (κ2) is 62.2. The molecule has 1 atom stereocenters. The Bertz CT molecular complexity index is 1220. The van der Waals surface area contributed by atoms with Crippen molar-refractivity contribution >= 4 is 17.9 Å². The van der Waals surface area contributed by atoms with Gasteiger partial charge in [-0.2, -0.15) is 0 Å². The second-order valence-corrected chi connectivity index (χ2v) is 22.0. The Morgan fingerprint density at radius 1 is 0.274 bits per heavy atom. The van der Waals surface area contributed by atoms with Gasteiger partial charge < -0.3 is 14.2 Å². The number of rotatable bonds is 60. The van der Waals surface area contributed by atoms with Crippen molar-refractivity contribution < 1.29 is 28.6 Å². The quantitative estimate of drug-likeness (QED) is 0.0261. The Morgan fingerprint density at radius 3 is 0.795 bits per heavy atom. The molecular formula is C67H124O6. The maximum Gasteiger partial charge on any atom is 0.306 e. The predicted octanol–water partition coefficient (Wildman–Crippen LogP) is 22.0. The van der Waals surface area contributed by atoms with Crippen LogP contribution in [0.25, 0.3) is 0 Å². The maximum absolute atomic E-state index is 12.9. The van der Waals surface area contributed by atoms with Gasteiger partial charge in [-0.05, 0) is 77.0 Å². The molecule has 0 saturated carbocycles. The zero-order chi connectivity index (χ0) is 52.9. The molecule has 0 aliphatic rings. The third-order valence-electron chi connectivity index (χ3n) is 14.6. The normalized spacial score (nSPS) is 12.2. The van der Waals surface area contributed by atoms with Crippen LogP contribution in [-0.4, -0.2) is 37.2 Å². The Morgan fingerprint density at radius 2 is 0.493 bits per heavy atom. The molecule has 428 valence electrons. The van der Waals surface area contributed by atoms with Crippen LogP contribution >= 0.6 is 0 Å². The Hall–Kier alpha value is -2.37. The summed E-state index contributed by atoms with van der Waals surface area (Å²) >= 11 is 0. The first kappa shape index (κ1) is 70.6. The lowest BCUT2D eigenvalue weighted by molar-refractivity contribution is -0.167. The highest BCUT2D eigenvalue weighted by molar-refractivity contribution is 5.71. The van der Waals surface area contributed by atoms with Crippen LogP contribution in [0.1, 0.15) is 355 Å². The first-order chi connectivity index (χ1) is 36.0. The molecular weight excluding hydrogens is 901 g/mol. The molecule has 73 heavy (non-hydrogen) atoms. The van der Waals surface area contributed by atoms with E-state index < -0.39 is 6.10 Å². The average Bonchev–Trinajstić information content (AvgIpc) is 3.39. The van der Waals surface area contributed by atoms with Crippen molar-refractivity contribution in [2.45, 2.75) is 361 Å². The first-order valence-electron chi connectivity index (χ1n) is 32.5. The van der Waals surface area contributed by atoms with Gasteiger partial charge >= 0.3 is 17.9 Å². The SMILES string of the molecule is CCCCC/C=C\C/C=C\CCCCCCCCCCCC(=O)OC[C@H](COC(=O)CCCCCCCCCCCCCCCCCCC)OC(=O)CCCCCCCCCCC/C=C\CCCCCCCC. The average molecular weight is 1030 g/mol.